The molecule has 2 heterocycles. The molecule has 0 spiro atoms. The summed E-state index contributed by atoms with van der Waals surface area (Å²) in [6.45, 7) is 4.28. The number of rotatable bonds is 3. The summed E-state index contributed by atoms with van der Waals surface area (Å²) in [4.78, 5) is 16.5. The largest absolute Gasteiger partial charge is 0.344 e. The van der Waals surface area contributed by atoms with E-state index in [2.05, 4.69) is 17.3 Å². The maximum Gasteiger partial charge on any atom is 0.239 e. The Morgan fingerprint density at radius 3 is 2.65 bits per heavy atom. The highest BCUT2D eigenvalue weighted by atomic mass is 16.2. The van der Waals surface area contributed by atoms with Gasteiger partial charge in [-0.05, 0) is 58.3 Å². The van der Waals surface area contributed by atoms with E-state index in [0.29, 0.717) is 11.8 Å². The first-order chi connectivity index (χ1) is 8.16. The van der Waals surface area contributed by atoms with Crippen molar-refractivity contribution in [2.45, 2.75) is 31.7 Å². The van der Waals surface area contributed by atoms with Crippen molar-refractivity contribution in [2.75, 3.05) is 40.3 Å². The molecule has 2 fully saturated rings. The van der Waals surface area contributed by atoms with Gasteiger partial charge >= 0.3 is 0 Å². The summed E-state index contributed by atoms with van der Waals surface area (Å²) in [5.74, 6) is 0.989. The third kappa shape index (κ3) is 3.42. The van der Waals surface area contributed by atoms with E-state index in [0.717, 1.165) is 25.9 Å². The molecule has 0 aliphatic carbocycles. The van der Waals surface area contributed by atoms with Gasteiger partial charge in [-0.3, -0.25) is 4.79 Å². The zero-order valence-electron chi connectivity index (χ0n) is 11.1. The summed E-state index contributed by atoms with van der Waals surface area (Å²) in [7, 11) is 4.13. The Morgan fingerprint density at radius 1 is 1.35 bits per heavy atom. The molecule has 0 radical (unpaired) electrons. The first kappa shape index (κ1) is 12.8. The molecule has 0 bridgehead atoms. The SMILES string of the molecule is CN1CCC(CN(C)C(=O)[C@H]2CCCN2)CC1. The number of carbonyl (C=O) groups excluding carboxylic acids is 1. The molecular formula is C13H25N3O. The molecule has 0 aromatic carbocycles. The zero-order valence-corrected chi connectivity index (χ0v) is 11.1. The summed E-state index contributed by atoms with van der Waals surface area (Å²) < 4.78 is 0. The van der Waals surface area contributed by atoms with E-state index in [1.165, 1.54) is 25.9 Å². The molecule has 1 atom stereocenters. The quantitative estimate of drug-likeness (QED) is 0.781. The fourth-order valence-electron chi connectivity index (χ4n) is 2.88. The van der Waals surface area contributed by atoms with Crippen LogP contribution in [0.2, 0.25) is 0 Å². The van der Waals surface area contributed by atoms with E-state index in [1.807, 2.05) is 11.9 Å². The average molecular weight is 239 g/mol. The van der Waals surface area contributed by atoms with Crippen molar-refractivity contribution >= 4 is 5.91 Å². The Hall–Kier alpha value is -0.610. The Balaban J connectivity index is 1.76. The second kappa shape index (κ2) is 5.83. The first-order valence-electron chi connectivity index (χ1n) is 6.83. The van der Waals surface area contributed by atoms with Crippen LogP contribution in [-0.2, 0) is 4.79 Å². The average Bonchev–Trinajstić information content (AvgIpc) is 2.84. The van der Waals surface area contributed by atoms with Crippen LogP contribution >= 0.6 is 0 Å². The first-order valence-corrected chi connectivity index (χ1v) is 6.83. The fraction of sp³-hybridized carbons (Fsp3) is 0.923. The van der Waals surface area contributed by atoms with Gasteiger partial charge in [-0.1, -0.05) is 0 Å². The molecule has 0 aromatic rings. The maximum absolute atomic E-state index is 12.1. The lowest BCUT2D eigenvalue weighted by Crippen LogP contribution is -2.44. The van der Waals surface area contributed by atoms with Crippen molar-refractivity contribution in [3.05, 3.63) is 0 Å². The predicted octanol–water partition coefficient (Wildman–Crippen LogP) is 0.539. The summed E-state index contributed by atoms with van der Waals surface area (Å²) in [5, 5.41) is 3.28. The van der Waals surface area contributed by atoms with E-state index >= 15 is 0 Å². The van der Waals surface area contributed by atoms with Gasteiger partial charge in [0.05, 0.1) is 6.04 Å². The van der Waals surface area contributed by atoms with Crippen LogP contribution < -0.4 is 5.32 Å². The Bertz CT molecular complexity index is 255. The second-order valence-corrected chi connectivity index (χ2v) is 5.61. The van der Waals surface area contributed by atoms with Gasteiger partial charge in [0.2, 0.25) is 5.91 Å². The molecular weight excluding hydrogens is 214 g/mol. The van der Waals surface area contributed by atoms with E-state index < -0.39 is 0 Å². The van der Waals surface area contributed by atoms with Gasteiger partial charge in [0.25, 0.3) is 0 Å². The van der Waals surface area contributed by atoms with E-state index in [9.17, 15) is 4.79 Å². The van der Waals surface area contributed by atoms with Crippen molar-refractivity contribution in [3.8, 4) is 0 Å². The molecule has 1 amide bonds. The number of piperidine rings is 1. The van der Waals surface area contributed by atoms with E-state index in [1.54, 1.807) is 0 Å². The van der Waals surface area contributed by atoms with Crippen molar-refractivity contribution in [2.24, 2.45) is 5.92 Å². The number of nitrogens with one attached hydrogen (secondary N) is 1. The van der Waals surface area contributed by atoms with Gasteiger partial charge < -0.3 is 15.1 Å². The molecule has 98 valence electrons. The van der Waals surface area contributed by atoms with Crippen molar-refractivity contribution in [1.82, 2.24) is 15.1 Å². The number of hydrogen-bond donors (Lipinski definition) is 1. The molecule has 0 saturated carbocycles. The monoisotopic (exact) mass is 239 g/mol. The van der Waals surface area contributed by atoms with E-state index in [-0.39, 0.29) is 6.04 Å². The standard InChI is InChI=1S/C13H25N3O/c1-15-8-5-11(6-9-15)10-16(2)13(17)12-4-3-7-14-12/h11-12,14H,3-10H2,1-2H3/t12-/m1/s1. The molecule has 1 N–H and O–H groups in total. The summed E-state index contributed by atoms with van der Waals surface area (Å²) >= 11 is 0. The lowest BCUT2D eigenvalue weighted by molar-refractivity contribution is -0.132. The van der Waals surface area contributed by atoms with Crippen LogP contribution in [0.25, 0.3) is 0 Å². The number of nitrogens with zero attached hydrogens (tertiary/aromatic N) is 2. The molecule has 0 unspecified atom stereocenters. The second-order valence-electron chi connectivity index (χ2n) is 5.61. The lowest BCUT2D eigenvalue weighted by Gasteiger charge is -2.32. The van der Waals surface area contributed by atoms with Gasteiger partial charge in [0, 0.05) is 13.6 Å². The molecule has 2 aliphatic heterocycles. The normalized spacial score (nSPS) is 27.3. The Kier molecular flexibility index (Phi) is 4.40. The summed E-state index contributed by atoms with van der Waals surface area (Å²) in [6, 6.07) is 0.0891. The van der Waals surface area contributed by atoms with Crippen LogP contribution in [0.5, 0.6) is 0 Å². The summed E-state index contributed by atoms with van der Waals surface area (Å²) in [5.41, 5.74) is 0. The summed E-state index contributed by atoms with van der Waals surface area (Å²) in [6.07, 6.45) is 4.60. The van der Waals surface area contributed by atoms with Crippen LogP contribution in [0.15, 0.2) is 0 Å². The van der Waals surface area contributed by atoms with Gasteiger partial charge in [-0.15, -0.1) is 0 Å². The molecule has 2 aliphatic rings. The Labute approximate surface area is 104 Å². The zero-order chi connectivity index (χ0) is 12.3. The molecule has 17 heavy (non-hydrogen) atoms. The number of hydrogen-bond acceptors (Lipinski definition) is 3. The van der Waals surface area contributed by atoms with Gasteiger partial charge in [0.15, 0.2) is 0 Å². The highest BCUT2D eigenvalue weighted by molar-refractivity contribution is 5.81. The van der Waals surface area contributed by atoms with Crippen molar-refractivity contribution in [3.63, 3.8) is 0 Å². The highest BCUT2D eigenvalue weighted by Gasteiger charge is 2.27. The smallest absolute Gasteiger partial charge is 0.239 e. The number of carbonyl (C=O) groups is 1. The molecule has 2 saturated heterocycles. The van der Waals surface area contributed by atoms with Gasteiger partial charge in [-0.25, -0.2) is 0 Å². The minimum atomic E-state index is 0.0891. The van der Waals surface area contributed by atoms with Crippen molar-refractivity contribution in [1.29, 1.82) is 0 Å². The van der Waals surface area contributed by atoms with E-state index in [4.69, 9.17) is 0 Å². The molecule has 4 nitrogen and oxygen atoms in total. The van der Waals surface area contributed by atoms with Crippen molar-refractivity contribution < 1.29 is 4.79 Å². The maximum atomic E-state index is 12.1. The highest BCUT2D eigenvalue weighted by Crippen LogP contribution is 2.17. The fourth-order valence-corrected chi connectivity index (χ4v) is 2.88. The molecule has 0 aromatic heterocycles. The van der Waals surface area contributed by atoms with Crippen LogP contribution in [-0.4, -0.2) is 62.0 Å². The minimum Gasteiger partial charge on any atom is -0.344 e. The third-order valence-electron chi connectivity index (χ3n) is 4.10. The minimum absolute atomic E-state index is 0.0891. The van der Waals surface area contributed by atoms with Gasteiger partial charge in [0.1, 0.15) is 0 Å². The van der Waals surface area contributed by atoms with Crippen LogP contribution in [0.1, 0.15) is 25.7 Å². The third-order valence-corrected chi connectivity index (χ3v) is 4.10. The van der Waals surface area contributed by atoms with Gasteiger partial charge in [-0.2, -0.15) is 0 Å². The molecule has 4 heteroatoms. The molecule has 2 rings (SSSR count). The number of likely N-dealkylation sites (tertiary alicyclic amines) is 1. The topological polar surface area (TPSA) is 35.6 Å². The number of amides is 1. The van der Waals surface area contributed by atoms with Crippen LogP contribution in [0.4, 0.5) is 0 Å². The predicted molar refractivity (Wildman–Crippen MR) is 68.9 cm³/mol. The number of likely N-dealkylation sites (N-methyl/N-ethyl adjacent to an activating group) is 1. The Morgan fingerprint density at radius 2 is 2.06 bits per heavy atom. The van der Waals surface area contributed by atoms with Crippen LogP contribution in [0, 0.1) is 5.92 Å². The lowest BCUT2D eigenvalue weighted by atomic mass is 9.96. The van der Waals surface area contributed by atoms with Crippen LogP contribution in [0.3, 0.4) is 0 Å².